The number of aryl methyl sites for hydroxylation is 1. The predicted octanol–water partition coefficient (Wildman–Crippen LogP) is 3.94. The van der Waals surface area contributed by atoms with Crippen LogP contribution in [0.3, 0.4) is 0 Å². The highest BCUT2D eigenvalue weighted by Gasteiger charge is 2.14. The van der Waals surface area contributed by atoms with Crippen LogP contribution in [0.1, 0.15) is 18.8 Å². The van der Waals surface area contributed by atoms with E-state index >= 15 is 0 Å². The number of nitrogens with one attached hydrogen (secondary N) is 1. The minimum absolute atomic E-state index is 0.382. The molecule has 1 N–H and O–H groups in total. The van der Waals surface area contributed by atoms with E-state index in [0.29, 0.717) is 23.2 Å². The number of nitriles is 1. The van der Waals surface area contributed by atoms with Gasteiger partial charge in [-0.2, -0.15) is 10.4 Å². The van der Waals surface area contributed by atoms with Crippen LogP contribution in [0.4, 0.5) is 11.6 Å². The van der Waals surface area contributed by atoms with Gasteiger partial charge in [0.2, 0.25) is 5.95 Å². The van der Waals surface area contributed by atoms with Crippen LogP contribution < -0.4 is 10.1 Å². The van der Waals surface area contributed by atoms with Crippen molar-refractivity contribution < 1.29 is 4.74 Å². The number of anilines is 2. The summed E-state index contributed by atoms with van der Waals surface area (Å²) in [5, 5.41) is 16.6. The van der Waals surface area contributed by atoms with Gasteiger partial charge in [0.15, 0.2) is 5.75 Å². The molecular weight excluding hydrogens is 392 g/mol. The molecule has 0 aliphatic carbocycles. The molecule has 0 saturated carbocycles. The number of benzene rings is 1. The second kappa shape index (κ2) is 8.59. The van der Waals surface area contributed by atoms with E-state index in [1.165, 1.54) is 0 Å². The van der Waals surface area contributed by atoms with Crippen LogP contribution in [0.5, 0.6) is 5.75 Å². The van der Waals surface area contributed by atoms with Crippen LogP contribution in [0.2, 0.25) is 0 Å². The Morgan fingerprint density at radius 3 is 2.77 bits per heavy atom. The third-order valence-electron chi connectivity index (χ3n) is 4.62. The number of nitrogens with zero attached hydrogens (tertiary/aromatic N) is 7. The molecule has 1 atom stereocenters. The summed E-state index contributed by atoms with van der Waals surface area (Å²) in [6.45, 7) is 3.63. The highest BCUT2D eigenvalue weighted by Crippen LogP contribution is 2.29. The molecule has 4 aromatic rings. The second-order valence-corrected chi connectivity index (χ2v) is 6.82. The molecule has 0 saturated heterocycles. The van der Waals surface area contributed by atoms with E-state index in [9.17, 15) is 0 Å². The van der Waals surface area contributed by atoms with E-state index in [1.54, 1.807) is 43.5 Å². The van der Waals surface area contributed by atoms with Crippen molar-refractivity contribution >= 4 is 11.6 Å². The first-order valence-electron chi connectivity index (χ1n) is 9.59. The van der Waals surface area contributed by atoms with Crippen molar-refractivity contribution in [3.05, 3.63) is 60.9 Å². The average Bonchev–Trinajstić information content (AvgIpc) is 3.29. The number of hydrogen-bond acceptors (Lipinski definition) is 8. The first-order valence-corrected chi connectivity index (χ1v) is 9.59. The third-order valence-corrected chi connectivity index (χ3v) is 4.62. The summed E-state index contributed by atoms with van der Waals surface area (Å²) in [5.74, 6) is 1.64. The first-order chi connectivity index (χ1) is 15.1. The van der Waals surface area contributed by atoms with Crippen LogP contribution in [-0.2, 0) is 0 Å². The van der Waals surface area contributed by atoms with Gasteiger partial charge in [0, 0.05) is 29.2 Å². The Balaban J connectivity index is 1.64. The summed E-state index contributed by atoms with van der Waals surface area (Å²) in [6.07, 6.45) is 6.76. The maximum absolute atomic E-state index is 9.12. The van der Waals surface area contributed by atoms with Crippen molar-refractivity contribution in [2.75, 3.05) is 12.4 Å². The van der Waals surface area contributed by atoms with Gasteiger partial charge in [0.25, 0.3) is 0 Å². The van der Waals surface area contributed by atoms with Crippen LogP contribution in [0, 0.1) is 18.3 Å². The Morgan fingerprint density at radius 1 is 1.13 bits per heavy atom. The summed E-state index contributed by atoms with van der Waals surface area (Å²) in [5.41, 5.74) is 3.93. The normalized spacial score (nSPS) is 11.5. The van der Waals surface area contributed by atoms with Crippen LogP contribution in [-0.4, -0.2) is 36.8 Å². The van der Waals surface area contributed by atoms with E-state index in [2.05, 4.69) is 36.4 Å². The van der Waals surface area contributed by atoms with Gasteiger partial charge in [-0.15, -0.1) is 0 Å². The van der Waals surface area contributed by atoms with Gasteiger partial charge in [-0.3, -0.25) is 4.68 Å². The first kappa shape index (κ1) is 20.0. The molecule has 31 heavy (non-hydrogen) atoms. The molecule has 0 aliphatic rings. The van der Waals surface area contributed by atoms with E-state index in [4.69, 9.17) is 10.00 Å². The zero-order chi connectivity index (χ0) is 21.8. The van der Waals surface area contributed by atoms with Gasteiger partial charge >= 0.3 is 0 Å². The fourth-order valence-corrected chi connectivity index (χ4v) is 3.02. The molecule has 3 aromatic heterocycles. The third kappa shape index (κ3) is 4.33. The Hall–Kier alpha value is -4.32. The lowest BCUT2D eigenvalue weighted by Gasteiger charge is -2.10. The Labute approximate surface area is 179 Å². The monoisotopic (exact) mass is 412 g/mol. The lowest BCUT2D eigenvalue weighted by molar-refractivity contribution is 0.413. The molecule has 1 aromatic carbocycles. The number of aromatic nitrogens is 6. The van der Waals surface area contributed by atoms with Crippen molar-refractivity contribution in [3.63, 3.8) is 0 Å². The van der Waals surface area contributed by atoms with Gasteiger partial charge < -0.3 is 10.1 Å². The fourth-order valence-electron chi connectivity index (χ4n) is 3.02. The molecule has 0 bridgehead atoms. The van der Waals surface area contributed by atoms with Crippen LogP contribution in [0.15, 0.2) is 55.1 Å². The lowest BCUT2D eigenvalue weighted by atomic mass is 10.1. The van der Waals surface area contributed by atoms with Gasteiger partial charge in [0.05, 0.1) is 31.3 Å². The maximum atomic E-state index is 9.12. The summed E-state index contributed by atoms with van der Waals surface area (Å²) >= 11 is 0. The molecule has 0 spiro atoms. The minimum Gasteiger partial charge on any atom is -0.493 e. The zero-order valence-corrected chi connectivity index (χ0v) is 17.3. The van der Waals surface area contributed by atoms with E-state index < -0.39 is 0 Å². The number of hydrogen-bond donors (Lipinski definition) is 1. The van der Waals surface area contributed by atoms with Crippen molar-refractivity contribution in [3.8, 4) is 34.3 Å². The summed E-state index contributed by atoms with van der Waals surface area (Å²) in [6, 6.07) is 11.5. The van der Waals surface area contributed by atoms with Gasteiger partial charge in [-0.05, 0) is 32.0 Å². The lowest BCUT2D eigenvalue weighted by Crippen LogP contribution is -2.02. The average molecular weight is 412 g/mol. The maximum Gasteiger partial charge on any atom is 0.227 e. The highest BCUT2D eigenvalue weighted by molar-refractivity contribution is 5.69. The molecular formula is C22H20N8O. The standard InChI is InChI=1S/C22H20N8O/c1-14(10-23)30-13-17(11-26-30)21-20(31-3)12-25-22(29-21)28-18-6-4-5-16(9-18)19-7-8-24-15(2)27-19/h4-9,11-14H,1-3H3,(H,25,28,29). The molecule has 0 radical (unpaired) electrons. The SMILES string of the molecule is COc1cnc(Nc2cccc(-c3ccnc(C)n3)c2)nc1-c1cnn(C(C)C#N)c1. The van der Waals surface area contributed by atoms with E-state index in [0.717, 1.165) is 22.5 Å². The van der Waals surface area contributed by atoms with Gasteiger partial charge in [-0.25, -0.2) is 19.9 Å². The van der Waals surface area contributed by atoms with Crippen molar-refractivity contribution in [2.24, 2.45) is 0 Å². The quantitative estimate of drug-likeness (QED) is 0.506. The Morgan fingerprint density at radius 2 is 2.00 bits per heavy atom. The highest BCUT2D eigenvalue weighted by atomic mass is 16.5. The molecule has 0 amide bonds. The fraction of sp³-hybridized carbons (Fsp3) is 0.182. The summed E-state index contributed by atoms with van der Waals surface area (Å²) in [4.78, 5) is 17.6. The second-order valence-electron chi connectivity index (χ2n) is 6.82. The number of ether oxygens (including phenoxy) is 1. The van der Waals surface area contributed by atoms with Crippen molar-refractivity contribution in [1.29, 1.82) is 5.26 Å². The molecule has 0 aliphatic heterocycles. The number of methoxy groups -OCH3 is 1. The largest absolute Gasteiger partial charge is 0.493 e. The van der Waals surface area contributed by atoms with Crippen LogP contribution in [0.25, 0.3) is 22.5 Å². The molecule has 3 heterocycles. The van der Waals surface area contributed by atoms with Gasteiger partial charge in [0.1, 0.15) is 17.6 Å². The van der Waals surface area contributed by atoms with Crippen molar-refractivity contribution in [1.82, 2.24) is 29.7 Å². The van der Waals surface area contributed by atoms with E-state index in [-0.39, 0.29) is 6.04 Å². The predicted molar refractivity (Wildman–Crippen MR) is 116 cm³/mol. The smallest absolute Gasteiger partial charge is 0.227 e. The Bertz CT molecular complexity index is 1260. The topological polar surface area (TPSA) is 114 Å². The summed E-state index contributed by atoms with van der Waals surface area (Å²) in [7, 11) is 1.56. The Kier molecular flexibility index (Phi) is 5.53. The van der Waals surface area contributed by atoms with E-state index in [1.807, 2.05) is 37.3 Å². The molecule has 9 nitrogen and oxygen atoms in total. The summed E-state index contributed by atoms with van der Waals surface area (Å²) < 4.78 is 7.00. The molecule has 1 unspecified atom stereocenters. The molecule has 154 valence electrons. The van der Waals surface area contributed by atoms with Crippen LogP contribution >= 0.6 is 0 Å². The molecule has 0 fully saturated rings. The van der Waals surface area contributed by atoms with Crippen molar-refractivity contribution in [2.45, 2.75) is 19.9 Å². The molecule has 4 rings (SSSR count). The zero-order valence-electron chi connectivity index (χ0n) is 17.3. The number of rotatable bonds is 6. The minimum atomic E-state index is -0.382. The van der Waals surface area contributed by atoms with Gasteiger partial charge in [-0.1, -0.05) is 12.1 Å². The molecule has 9 heteroatoms.